The second-order valence-corrected chi connectivity index (χ2v) is 4.64. The fourth-order valence-electron chi connectivity index (χ4n) is 1.95. The molecule has 2 rings (SSSR count). The van der Waals surface area contributed by atoms with Gasteiger partial charge in [-0.2, -0.15) is 10.1 Å². The zero-order valence-electron chi connectivity index (χ0n) is 11.6. The summed E-state index contributed by atoms with van der Waals surface area (Å²) in [6.07, 6.45) is 10.4. The highest BCUT2D eigenvalue weighted by Crippen LogP contribution is 2.12. The van der Waals surface area contributed by atoms with Gasteiger partial charge in [-0.3, -0.25) is 10.4 Å². The minimum absolute atomic E-state index is 0.392. The molecule has 3 N–H and O–H groups in total. The summed E-state index contributed by atoms with van der Waals surface area (Å²) in [5, 5.41) is 4.09. The molecule has 108 valence electrons. The molecule has 0 bridgehead atoms. The standard InChI is InChI=1S/C13H20N6O/c1-2-3-4-5-6-7-8-16-19-12-10-11(15-9-14-10)17-13(20)18-12/h8-9H,2-7H2,1H3,(H3,14,15,17,18,19,20)/b16-8-. The second-order valence-electron chi connectivity index (χ2n) is 4.64. The van der Waals surface area contributed by atoms with Crippen LogP contribution < -0.4 is 11.1 Å². The van der Waals surface area contributed by atoms with Crippen LogP contribution in [0, 0.1) is 0 Å². The minimum Gasteiger partial charge on any atom is -0.340 e. The van der Waals surface area contributed by atoms with Crippen LogP contribution in [0.3, 0.4) is 0 Å². The minimum atomic E-state index is -0.443. The van der Waals surface area contributed by atoms with Crippen molar-refractivity contribution >= 4 is 23.2 Å². The molecule has 0 radical (unpaired) electrons. The third-order valence-electron chi connectivity index (χ3n) is 3.01. The molecule has 7 nitrogen and oxygen atoms in total. The molecule has 0 spiro atoms. The number of nitrogens with one attached hydrogen (secondary N) is 3. The number of unbranched alkanes of at least 4 members (excludes halogenated alkanes) is 5. The van der Waals surface area contributed by atoms with Crippen LogP contribution in [0.1, 0.15) is 45.4 Å². The molecule has 0 saturated heterocycles. The SMILES string of the molecule is CCCCCCC/C=N\Nc1nc(=O)[nH]c2nc[nH]c12. The summed E-state index contributed by atoms with van der Waals surface area (Å²) in [4.78, 5) is 24.6. The number of aromatic nitrogens is 4. The summed E-state index contributed by atoms with van der Waals surface area (Å²) >= 11 is 0. The van der Waals surface area contributed by atoms with Crippen molar-refractivity contribution in [3.05, 3.63) is 16.8 Å². The molecule has 0 amide bonds. The van der Waals surface area contributed by atoms with E-state index >= 15 is 0 Å². The third kappa shape index (κ3) is 3.91. The van der Waals surface area contributed by atoms with Crippen LogP contribution >= 0.6 is 0 Å². The fourth-order valence-corrected chi connectivity index (χ4v) is 1.95. The van der Waals surface area contributed by atoms with Gasteiger partial charge in [-0.1, -0.05) is 32.6 Å². The van der Waals surface area contributed by atoms with Crippen LogP contribution in [0.4, 0.5) is 5.82 Å². The normalized spacial score (nSPS) is 11.4. The van der Waals surface area contributed by atoms with E-state index in [9.17, 15) is 4.79 Å². The monoisotopic (exact) mass is 276 g/mol. The highest BCUT2D eigenvalue weighted by Gasteiger charge is 2.05. The lowest BCUT2D eigenvalue weighted by atomic mass is 10.1. The van der Waals surface area contributed by atoms with Gasteiger partial charge in [0.2, 0.25) is 0 Å². The number of rotatable bonds is 8. The van der Waals surface area contributed by atoms with Crippen LogP contribution in [0.15, 0.2) is 16.2 Å². The van der Waals surface area contributed by atoms with E-state index in [1.807, 2.05) is 6.21 Å². The van der Waals surface area contributed by atoms with Gasteiger partial charge >= 0.3 is 5.69 Å². The predicted octanol–water partition coefficient (Wildman–Crippen LogP) is 2.40. The number of hydrogen-bond donors (Lipinski definition) is 3. The van der Waals surface area contributed by atoms with E-state index in [2.05, 4.69) is 37.4 Å². The van der Waals surface area contributed by atoms with E-state index in [0.29, 0.717) is 17.0 Å². The van der Waals surface area contributed by atoms with Crippen molar-refractivity contribution in [1.82, 2.24) is 19.9 Å². The third-order valence-corrected chi connectivity index (χ3v) is 3.01. The van der Waals surface area contributed by atoms with Crippen LogP contribution in [-0.4, -0.2) is 26.2 Å². The predicted molar refractivity (Wildman–Crippen MR) is 80.0 cm³/mol. The van der Waals surface area contributed by atoms with Crippen molar-refractivity contribution in [1.29, 1.82) is 0 Å². The van der Waals surface area contributed by atoms with Crippen molar-refractivity contribution < 1.29 is 0 Å². The van der Waals surface area contributed by atoms with E-state index in [4.69, 9.17) is 0 Å². The Bertz CT molecular complexity index is 615. The molecule has 0 unspecified atom stereocenters. The second kappa shape index (κ2) is 7.42. The average molecular weight is 276 g/mol. The van der Waals surface area contributed by atoms with E-state index in [-0.39, 0.29) is 0 Å². The maximum atomic E-state index is 11.3. The van der Waals surface area contributed by atoms with Gasteiger partial charge in [-0.05, 0) is 12.8 Å². The Hall–Kier alpha value is -2.18. The smallest absolute Gasteiger partial charge is 0.340 e. The first kappa shape index (κ1) is 14.2. The highest BCUT2D eigenvalue weighted by molar-refractivity contribution is 5.82. The summed E-state index contributed by atoms with van der Waals surface area (Å²) in [6, 6.07) is 0. The van der Waals surface area contributed by atoms with Gasteiger partial charge in [0.25, 0.3) is 0 Å². The number of anilines is 1. The van der Waals surface area contributed by atoms with Gasteiger partial charge in [0, 0.05) is 6.21 Å². The first-order valence-electron chi connectivity index (χ1n) is 7.02. The number of H-pyrrole nitrogens is 2. The van der Waals surface area contributed by atoms with E-state index in [0.717, 1.165) is 12.8 Å². The molecule has 2 heterocycles. The van der Waals surface area contributed by atoms with E-state index in [1.165, 1.54) is 32.0 Å². The number of fused-ring (bicyclic) bond motifs is 1. The zero-order chi connectivity index (χ0) is 14.2. The highest BCUT2D eigenvalue weighted by atomic mass is 16.1. The first-order valence-corrected chi connectivity index (χ1v) is 7.02. The number of hydrogen-bond acceptors (Lipinski definition) is 5. The molecule has 20 heavy (non-hydrogen) atoms. The van der Waals surface area contributed by atoms with Gasteiger partial charge < -0.3 is 4.98 Å². The molecular formula is C13H20N6O. The zero-order valence-corrected chi connectivity index (χ0v) is 11.6. The quantitative estimate of drug-likeness (QED) is 0.391. The Balaban J connectivity index is 1.83. The van der Waals surface area contributed by atoms with Crippen LogP contribution in [0.2, 0.25) is 0 Å². The van der Waals surface area contributed by atoms with Crippen molar-refractivity contribution in [2.75, 3.05) is 5.43 Å². The lowest BCUT2D eigenvalue weighted by Gasteiger charge is -1.99. The Morgan fingerprint density at radius 3 is 3.05 bits per heavy atom. The maximum Gasteiger partial charge on any atom is 0.348 e. The lowest BCUT2D eigenvalue weighted by Crippen LogP contribution is -2.12. The van der Waals surface area contributed by atoms with Crippen molar-refractivity contribution in [3.8, 4) is 0 Å². The molecule has 0 aliphatic rings. The van der Waals surface area contributed by atoms with E-state index < -0.39 is 5.69 Å². The van der Waals surface area contributed by atoms with Gasteiger partial charge in [0.15, 0.2) is 11.5 Å². The largest absolute Gasteiger partial charge is 0.348 e. The Morgan fingerprint density at radius 2 is 2.20 bits per heavy atom. The Kier molecular flexibility index (Phi) is 5.28. The molecular weight excluding hydrogens is 256 g/mol. The molecule has 0 aliphatic heterocycles. The molecule has 2 aromatic rings. The van der Waals surface area contributed by atoms with Crippen LogP contribution in [0.5, 0.6) is 0 Å². The van der Waals surface area contributed by atoms with Gasteiger partial charge in [-0.25, -0.2) is 9.78 Å². The summed E-state index contributed by atoms with van der Waals surface area (Å²) in [5.41, 5.74) is 3.46. The molecule has 7 heteroatoms. The Labute approximate surface area is 116 Å². The van der Waals surface area contributed by atoms with Gasteiger partial charge in [0.1, 0.15) is 5.52 Å². The molecule has 0 fully saturated rings. The Morgan fingerprint density at radius 1 is 1.35 bits per heavy atom. The molecule has 0 atom stereocenters. The average Bonchev–Trinajstić information content (AvgIpc) is 2.89. The van der Waals surface area contributed by atoms with Crippen molar-refractivity contribution in [3.63, 3.8) is 0 Å². The molecule has 0 aliphatic carbocycles. The fraction of sp³-hybridized carbons (Fsp3) is 0.538. The first-order chi connectivity index (χ1) is 9.81. The maximum absolute atomic E-state index is 11.3. The van der Waals surface area contributed by atoms with Gasteiger partial charge in [-0.15, -0.1) is 0 Å². The number of aromatic amines is 2. The van der Waals surface area contributed by atoms with Crippen LogP contribution in [-0.2, 0) is 0 Å². The van der Waals surface area contributed by atoms with E-state index in [1.54, 1.807) is 0 Å². The van der Waals surface area contributed by atoms with Crippen molar-refractivity contribution in [2.24, 2.45) is 5.10 Å². The van der Waals surface area contributed by atoms with Gasteiger partial charge in [0.05, 0.1) is 6.33 Å². The molecule has 0 saturated carbocycles. The number of hydrazone groups is 1. The number of imidazole rings is 1. The summed E-state index contributed by atoms with van der Waals surface area (Å²) in [7, 11) is 0. The summed E-state index contributed by atoms with van der Waals surface area (Å²) in [6.45, 7) is 2.20. The summed E-state index contributed by atoms with van der Waals surface area (Å²) < 4.78 is 0. The number of nitrogens with zero attached hydrogens (tertiary/aromatic N) is 3. The molecule has 2 aromatic heterocycles. The topological polar surface area (TPSA) is 98.8 Å². The summed E-state index contributed by atoms with van der Waals surface area (Å²) in [5.74, 6) is 0.392. The van der Waals surface area contributed by atoms with Crippen molar-refractivity contribution in [2.45, 2.75) is 45.4 Å². The van der Waals surface area contributed by atoms with Crippen LogP contribution in [0.25, 0.3) is 11.2 Å². The lowest BCUT2D eigenvalue weighted by molar-refractivity contribution is 0.645. The molecule has 0 aromatic carbocycles.